The Kier molecular flexibility index (Phi) is 5.08. The second-order valence-electron chi connectivity index (χ2n) is 5.95. The van der Waals surface area contributed by atoms with E-state index in [0.717, 1.165) is 25.9 Å². The molecular weight excluding hydrogens is 302 g/mol. The van der Waals surface area contributed by atoms with Crippen molar-refractivity contribution in [3.63, 3.8) is 0 Å². The fourth-order valence-electron chi connectivity index (χ4n) is 2.81. The number of amides is 2. The molecule has 6 heteroatoms. The number of hydrogen-bond donors (Lipinski definition) is 2. The average Bonchev–Trinajstić information content (AvgIpc) is 3.29. The van der Waals surface area contributed by atoms with Crippen LogP contribution >= 0.6 is 12.4 Å². The van der Waals surface area contributed by atoms with Crippen LogP contribution in [0.5, 0.6) is 0 Å². The number of nitrogens with one attached hydrogen (secondary N) is 2. The summed E-state index contributed by atoms with van der Waals surface area (Å²) in [6.07, 6.45) is 1.47. The summed E-state index contributed by atoms with van der Waals surface area (Å²) in [5, 5.41) is 6.23. The molecule has 1 aromatic carbocycles. The minimum atomic E-state index is -0.668. The van der Waals surface area contributed by atoms with Gasteiger partial charge in [-0.2, -0.15) is 0 Å². The second-order valence-corrected chi connectivity index (χ2v) is 5.95. The van der Waals surface area contributed by atoms with E-state index < -0.39 is 5.54 Å². The third kappa shape index (κ3) is 3.25. The van der Waals surface area contributed by atoms with Gasteiger partial charge in [0, 0.05) is 31.2 Å². The maximum absolute atomic E-state index is 12.7. The number of rotatable bonds is 3. The summed E-state index contributed by atoms with van der Waals surface area (Å²) in [5.74, 6) is -0.0926. The third-order valence-electron chi connectivity index (χ3n) is 4.31. The molecule has 1 atom stereocenters. The molecule has 0 spiro atoms. The van der Waals surface area contributed by atoms with Gasteiger partial charge in [-0.3, -0.25) is 9.59 Å². The molecule has 2 fully saturated rings. The SMILES string of the molecule is C[C@@H]1CNCCN1C(=O)C1(NC(=O)c2ccccc2)CC1.Cl. The molecule has 1 saturated heterocycles. The quantitative estimate of drug-likeness (QED) is 0.878. The van der Waals surface area contributed by atoms with Crippen LogP contribution in [-0.4, -0.2) is 47.9 Å². The molecule has 1 aliphatic carbocycles. The molecule has 2 aliphatic rings. The van der Waals surface area contributed by atoms with Gasteiger partial charge in [0.25, 0.3) is 5.91 Å². The minimum absolute atomic E-state index is 0. The van der Waals surface area contributed by atoms with Crippen molar-refractivity contribution in [3.05, 3.63) is 35.9 Å². The van der Waals surface area contributed by atoms with Gasteiger partial charge in [0.1, 0.15) is 5.54 Å². The molecule has 5 nitrogen and oxygen atoms in total. The van der Waals surface area contributed by atoms with Crippen molar-refractivity contribution in [1.82, 2.24) is 15.5 Å². The Morgan fingerprint density at radius 2 is 1.95 bits per heavy atom. The molecular formula is C16H22ClN3O2. The van der Waals surface area contributed by atoms with Crippen LogP contribution in [0, 0.1) is 0 Å². The Morgan fingerprint density at radius 3 is 2.55 bits per heavy atom. The standard InChI is InChI=1S/C16H21N3O2.ClH/c1-12-11-17-9-10-19(12)15(21)16(7-8-16)18-14(20)13-5-3-2-4-6-13;/h2-6,12,17H,7-11H2,1H3,(H,18,20);1H/t12-;/m1./s1. The molecule has 0 unspecified atom stereocenters. The van der Waals surface area contributed by atoms with E-state index in [1.807, 2.05) is 30.0 Å². The highest BCUT2D eigenvalue weighted by molar-refractivity contribution is 6.00. The zero-order chi connectivity index (χ0) is 14.9. The van der Waals surface area contributed by atoms with Gasteiger partial charge in [0.2, 0.25) is 5.91 Å². The van der Waals surface area contributed by atoms with Gasteiger partial charge >= 0.3 is 0 Å². The van der Waals surface area contributed by atoms with E-state index in [1.165, 1.54) is 0 Å². The summed E-state index contributed by atoms with van der Waals surface area (Å²) in [5.41, 5.74) is -0.0663. The first-order chi connectivity index (χ1) is 10.1. The van der Waals surface area contributed by atoms with Crippen LogP contribution < -0.4 is 10.6 Å². The van der Waals surface area contributed by atoms with Gasteiger partial charge in [-0.05, 0) is 31.9 Å². The first-order valence-electron chi connectivity index (χ1n) is 7.52. The number of carbonyl (C=O) groups excluding carboxylic acids is 2. The van der Waals surface area contributed by atoms with E-state index >= 15 is 0 Å². The molecule has 1 saturated carbocycles. The smallest absolute Gasteiger partial charge is 0.252 e. The van der Waals surface area contributed by atoms with Gasteiger partial charge in [0.15, 0.2) is 0 Å². The molecule has 0 bridgehead atoms. The summed E-state index contributed by atoms with van der Waals surface area (Å²) in [7, 11) is 0. The van der Waals surface area contributed by atoms with Gasteiger partial charge < -0.3 is 15.5 Å². The molecule has 22 heavy (non-hydrogen) atoms. The number of benzene rings is 1. The van der Waals surface area contributed by atoms with Crippen molar-refractivity contribution < 1.29 is 9.59 Å². The third-order valence-corrected chi connectivity index (χ3v) is 4.31. The highest BCUT2D eigenvalue weighted by Gasteiger charge is 2.53. The molecule has 1 aliphatic heterocycles. The lowest BCUT2D eigenvalue weighted by Gasteiger charge is -2.36. The van der Waals surface area contributed by atoms with Crippen molar-refractivity contribution in [2.24, 2.45) is 0 Å². The van der Waals surface area contributed by atoms with E-state index in [0.29, 0.717) is 12.1 Å². The number of piperazine rings is 1. The average molecular weight is 324 g/mol. The predicted molar refractivity (Wildman–Crippen MR) is 87.2 cm³/mol. The fraction of sp³-hybridized carbons (Fsp3) is 0.500. The molecule has 0 aromatic heterocycles. The topological polar surface area (TPSA) is 61.4 Å². The summed E-state index contributed by atoms with van der Waals surface area (Å²) < 4.78 is 0. The Hall–Kier alpha value is -1.59. The van der Waals surface area contributed by atoms with Crippen molar-refractivity contribution in [2.45, 2.75) is 31.3 Å². The molecule has 2 N–H and O–H groups in total. The largest absolute Gasteiger partial charge is 0.338 e. The lowest BCUT2D eigenvalue weighted by Crippen LogP contribution is -2.59. The van der Waals surface area contributed by atoms with Crippen LogP contribution in [0.4, 0.5) is 0 Å². The van der Waals surface area contributed by atoms with E-state index in [-0.39, 0.29) is 30.3 Å². The van der Waals surface area contributed by atoms with Crippen LogP contribution in [0.3, 0.4) is 0 Å². The summed E-state index contributed by atoms with van der Waals surface area (Å²) in [4.78, 5) is 26.9. The zero-order valence-corrected chi connectivity index (χ0v) is 13.5. The Bertz CT molecular complexity index is 546. The maximum atomic E-state index is 12.7. The molecule has 120 valence electrons. The highest BCUT2D eigenvalue weighted by Crippen LogP contribution is 2.38. The number of carbonyl (C=O) groups is 2. The Balaban J connectivity index is 0.00000176. The lowest BCUT2D eigenvalue weighted by atomic mass is 10.1. The van der Waals surface area contributed by atoms with Crippen molar-refractivity contribution >= 4 is 24.2 Å². The van der Waals surface area contributed by atoms with Crippen LogP contribution in [-0.2, 0) is 4.79 Å². The molecule has 3 rings (SSSR count). The number of hydrogen-bond acceptors (Lipinski definition) is 3. The van der Waals surface area contributed by atoms with Gasteiger partial charge in [-0.15, -0.1) is 12.4 Å². The Morgan fingerprint density at radius 1 is 1.27 bits per heavy atom. The molecule has 1 heterocycles. The van der Waals surface area contributed by atoms with Crippen LogP contribution in [0.2, 0.25) is 0 Å². The molecule has 2 amide bonds. The summed E-state index contributed by atoms with van der Waals surface area (Å²) in [6, 6.07) is 9.24. The van der Waals surface area contributed by atoms with Crippen LogP contribution in [0.15, 0.2) is 30.3 Å². The minimum Gasteiger partial charge on any atom is -0.338 e. The first kappa shape index (κ1) is 16.8. The lowest BCUT2D eigenvalue weighted by molar-refractivity contribution is -0.137. The van der Waals surface area contributed by atoms with Crippen molar-refractivity contribution in [2.75, 3.05) is 19.6 Å². The summed E-state index contributed by atoms with van der Waals surface area (Å²) in [6.45, 7) is 4.38. The number of nitrogens with zero attached hydrogens (tertiary/aromatic N) is 1. The Labute approximate surface area is 136 Å². The maximum Gasteiger partial charge on any atom is 0.252 e. The van der Waals surface area contributed by atoms with Gasteiger partial charge in [-0.1, -0.05) is 18.2 Å². The van der Waals surface area contributed by atoms with E-state index in [1.54, 1.807) is 12.1 Å². The normalized spacial score (nSPS) is 22.4. The van der Waals surface area contributed by atoms with E-state index in [2.05, 4.69) is 10.6 Å². The fourth-order valence-corrected chi connectivity index (χ4v) is 2.81. The van der Waals surface area contributed by atoms with Crippen LogP contribution in [0.1, 0.15) is 30.1 Å². The van der Waals surface area contributed by atoms with Crippen molar-refractivity contribution in [3.8, 4) is 0 Å². The molecule has 1 aromatic rings. The van der Waals surface area contributed by atoms with Gasteiger partial charge in [-0.25, -0.2) is 0 Å². The van der Waals surface area contributed by atoms with Crippen LogP contribution in [0.25, 0.3) is 0 Å². The summed E-state index contributed by atoms with van der Waals surface area (Å²) >= 11 is 0. The highest BCUT2D eigenvalue weighted by atomic mass is 35.5. The van der Waals surface area contributed by atoms with E-state index in [4.69, 9.17) is 0 Å². The monoisotopic (exact) mass is 323 g/mol. The van der Waals surface area contributed by atoms with Gasteiger partial charge in [0.05, 0.1) is 0 Å². The number of halogens is 1. The zero-order valence-electron chi connectivity index (χ0n) is 12.7. The first-order valence-corrected chi connectivity index (χ1v) is 7.52. The predicted octanol–water partition coefficient (Wildman–Crippen LogP) is 1.19. The van der Waals surface area contributed by atoms with Crippen molar-refractivity contribution in [1.29, 1.82) is 0 Å². The molecule has 0 radical (unpaired) electrons. The van der Waals surface area contributed by atoms with E-state index in [9.17, 15) is 9.59 Å². The second kappa shape index (κ2) is 6.67.